The standard InChI is InChI=1S/C19H27FN4O2.HI/c1-5-21-19(23-12-15-10-17(13(2)3)24-26-15)22-11-14(4)25-18-9-7-6-8-16(18)20;/h6-10,13-14H,5,11-12H2,1-4H3,(H2,21,22,23);1H. The quantitative estimate of drug-likeness (QED) is 0.332. The number of hydrogen-bond acceptors (Lipinski definition) is 4. The summed E-state index contributed by atoms with van der Waals surface area (Å²) in [6.45, 7) is 9.57. The number of aliphatic imine (C=N–C) groups is 1. The maximum atomic E-state index is 13.6. The first kappa shape index (κ1) is 23.2. The van der Waals surface area contributed by atoms with Gasteiger partial charge in [0.15, 0.2) is 23.3 Å². The van der Waals surface area contributed by atoms with Crippen molar-refractivity contribution < 1.29 is 13.7 Å². The molecule has 0 radical (unpaired) electrons. The van der Waals surface area contributed by atoms with Crippen molar-refractivity contribution >= 4 is 29.9 Å². The van der Waals surface area contributed by atoms with Crippen LogP contribution in [0.1, 0.15) is 45.1 Å². The van der Waals surface area contributed by atoms with Crippen molar-refractivity contribution in [2.45, 2.75) is 46.3 Å². The second-order valence-electron chi connectivity index (χ2n) is 6.31. The zero-order valence-electron chi connectivity index (χ0n) is 16.2. The average Bonchev–Trinajstić information content (AvgIpc) is 3.09. The number of halogens is 2. The third-order valence-electron chi connectivity index (χ3n) is 3.63. The average molecular weight is 490 g/mol. The summed E-state index contributed by atoms with van der Waals surface area (Å²) >= 11 is 0. The Balaban J connectivity index is 0.00000364. The smallest absolute Gasteiger partial charge is 0.191 e. The van der Waals surface area contributed by atoms with Crippen LogP contribution in [-0.4, -0.2) is 30.3 Å². The normalized spacial score (nSPS) is 12.4. The van der Waals surface area contributed by atoms with Gasteiger partial charge in [-0.1, -0.05) is 31.1 Å². The number of guanidine groups is 1. The molecule has 1 unspecified atom stereocenters. The Kier molecular flexibility index (Phi) is 10.1. The molecule has 0 bridgehead atoms. The first-order valence-corrected chi connectivity index (χ1v) is 8.88. The molecule has 0 fully saturated rings. The van der Waals surface area contributed by atoms with E-state index >= 15 is 0 Å². The Labute approximate surface area is 177 Å². The second-order valence-corrected chi connectivity index (χ2v) is 6.31. The van der Waals surface area contributed by atoms with Crippen molar-refractivity contribution in [1.82, 2.24) is 15.8 Å². The highest BCUT2D eigenvalue weighted by Crippen LogP contribution is 2.17. The molecule has 6 nitrogen and oxygen atoms in total. The van der Waals surface area contributed by atoms with Gasteiger partial charge in [-0.2, -0.15) is 0 Å². The van der Waals surface area contributed by atoms with E-state index in [1.165, 1.54) is 6.07 Å². The highest BCUT2D eigenvalue weighted by Gasteiger charge is 2.10. The molecule has 1 aromatic carbocycles. The van der Waals surface area contributed by atoms with Gasteiger partial charge in [-0.05, 0) is 31.9 Å². The molecular weight excluding hydrogens is 462 g/mol. The number of nitrogens with one attached hydrogen (secondary N) is 2. The van der Waals surface area contributed by atoms with Crippen LogP contribution in [0.5, 0.6) is 5.75 Å². The number of benzene rings is 1. The fourth-order valence-corrected chi connectivity index (χ4v) is 2.21. The lowest BCUT2D eigenvalue weighted by atomic mass is 10.1. The van der Waals surface area contributed by atoms with E-state index in [0.29, 0.717) is 30.7 Å². The number of aromatic nitrogens is 1. The molecule has 1 heterocycles. The molecule has 0 aliphatic rings. The minimum atomic E-state index is -0.369. The van der Waals surface area contributed by atoms with Crippen molar-refractivity contribution in [1.29, 1.82) is 0 Å². The van der Waals surface area contributed by atoms with Crippen LogP contribution in [-0.2, 0) is 6.54 Å². The van der Waals surface area contributed by atoms with E-state index in [0.717, 1.165) is 12.2 Å². The van der Waals surface area contributed by atoms with Crippen LogP contribution in [0.25, 0.3) is 0 Å². The van der Waals surface area contributed by atoms with Gasteiger partial charge in [-0.15, -0.1) is 24.0 Å². The van der Waals surface area contributed by atoms with Crippen LogP contribution in [0.15, 0.2) is 39.8 Å². The maximum absolute atomic E-state index is 13.6. The third-order valence-corrected chi connectivity index (χ3v) is 3.63. The van der Waals surface area contributed by atoms with E-state index < -0.39 is 0 Å². The van der Waals surface area contributed by atoms with Gasteiger partial charge < -0.3 is 19.9 Å². The van der Waals surface area contributed by atoms with Gasteiger partial charge in [0.25, 0.3) is 0 Å². The Hall–Kier alpha value is -1.84. The number of ether oxygens (including phenoxy) is 1. The molecule has 27 heavy (non-hydrogen) atoms. The molecule has 1 aromatic heterocycles. The molecule has 0 saturated heterocycles. The van der Waals surface area contributed by atoms with E-state index in [4.69, 9.17) is 9.26 Å². The SMILES string of the molecule is CCNC(=NCc1cc(C(C)C)no1)NCC(C)Oc1ccccc1F.I. The van der Waals surface area contributed by atoms with Crippen LogP contribution in [0.2, 0.25) is 0 Å². The zero-order valence-corrected chi connectivity index (χ0v) is 18.5. The van der Waals surface area contributed by atoms with E-state index in [1.807, 2.05) is 19.9 Å². The molecular formula is C19H28FIN4O2. The van der Waals surface area contributed by atoms with E-state index in [9.17, 15) is 4.39 Å². The summed E-state index contributed by atoms with van der Waals surface area (Å²) in [7, 11) is 0. The lowest BCUT2D eigenvalue weighted by Crippen LogP contribution is -2.41. The molecule has 0 aliphatic heterocycles. The monoisotopic (exact) mass is 490 g/mol. The first-order valence-electron chi connectivity index (χ1n) is 8.88. The van der Waals surface area contributed by atoms with Gasteiger partial charge >= 0.3 is 0 Å². The van der Waals surface area contributed by atoms with Crippen LogP contribution in [0.3, 0.4) is 0 Å². The molecule has 0 aliphatic carbocycles. The fourth-order valence-electron chi connectivity index (χ4n) is 2.21. The highest BCUT2D eigenvalue weighted by molar-refractivity contribution is 14.0. The molecule has 2 N–H and O–H groups in total. The Bertz CT molecular complexity index is 721. The summed E-state index contributed by atoms with van der Waals surface area (Å²) in [5.74, 6) is 1.54. The number of hydrogen-bond donors (Lipinski definition) is 2. The van der Waals surface area contributed by atoms with E-state index in [1.54, 1.807) is 18.2 Å². The largest absolute Gasteiger partial charge is 0.486 e. The van der Waals surface area contributed by atoms with Gasteiger partial charge in [0, 0.05) is 12.6 Å². The van der Waals surface area contributed by atoms with Gasteiger partial charge in [0.2, 0.25) is 0 Å². The summed E-state index contributed by atoms with van der Waals surface area (Å²) in [5, 5.41) is 10.4. The molecule has 0 amide bonds. The molecule has 150 valence electrons. The lowest BCUT2D eigenvalue weighted by Gasteiger charge is -2.17. The highest BCUT2D eigenvalue weighted by atomic mass is 127. The van der Waals surface area contributed by atoms with Gasteiger partial charge in [-0.25, -0.2) is 9.38 Å². The Morgan fingerprint density at radius 2 is 2.00 bits per heavy atom. The molecule has 1 atom stereocenters. The summed E-state index contributed by atoms with van der Waals surface area (Å²) in [5.41, 5.74) is 0.917. The van der Waals surface area contributed by atoms with Crippen molar-refractivity contribution in [3.8, 4) is 5.75 Å². The summed E-state index contributed by atoms with van der Waals surface area (Å²) in [6, 6.07) is 8.29. The predicted molar refractivity (Wildman–Crippen MR) is 115 cm³/mol. The van der Waals surface area contributed by atoms with Crippen LogP contribution < -0.4 is 15.4 Å². The zero-order chi connectivity index (χ0) is 18.9. The van der Waals surface area contributed by atoms with Crippen LogP contribution >= 0.6 is 24.0 Å². The van der Waals surface area contributed by atoms with Gasteiger partial charge in [0.1, 0.15) is 12.6 Å². The molecule has 8 heteroatoms. The summed E-state index contributed by atoms with van der Waals surface area (Å²) < 4.78 is 24.5. The van der Waals surface area contributed by atoms with E-state index in [-0.39, 0.29) is 41.6 Å². The number of para-hydroxylation sites is 1. The fraction of sp³-hybridized carbons (Fsp3) is 0.474. The van der Waals surface area contributed by atoms with Gasteiger partial charge in [-0.3, -0.25) is 0 Å². The topological polar surface area (TPSA) is 71.7 Å². The summed E-state index contributed by atoms with van der Waals surface area (Å²) in [4.78, 5) is 4.48. The first-order chi connectivity index (χ1) is 12.5. The van der Waals surface area contributed by atoms with Crippen molar-refractivity contribution in [2.75, 3.05) is 13.1 Å². The minimum Gasteiger partial charge on any atom is -0.486 e. The van der Waals surface area contributed by atoms with Crippen LogP contribution in [0.4, 0.5) is 4.39 Å². The maximum Gasteiger partial charge on any atom is 0.191 e. The Morgan fingerprint density at radius 1 is 1.26 bits per heavy atom. The lowest BCUT2D eigenvalue weighted by molar-refractivity contribution is 0.214. The van der Waals surface area contributed by atoms with Crippen LogP contribution in [0, 0.1) is 5.82 Å². The second kappa shape index (κ2) is 11.8. The molecule has 2 aromatic rings. The molecule has 0 saturated carbocycles. The van der Waals surface area contributed by atoms with E-state index in [2.05, 4.69) is 34.6 Å². The van der Waals surface area contributed by atoms with Gasteiger partial charge in [0.05, 0.1) is 12.2 Å². The third kappa shape index (κ3) is 7.74. The molecule has 0 spiro atoms. The van der Waals surface area contributed by atoms with Crippen molar-refractivity contribution in [3.63, 3.8) is 0 Å². The predicted octanol–water partition coefficient (Wildman–Crippen LogP) is 4.08. The van der Waals surface area contributed by atoms with Crippen molar-refractivity contribution in [2.24, 2.45) is 4.99 Å². The minimum absolute atomic E-state index is 0. The number of nitrogens with zero attached hydrogens (tertiary/aromatic N) is 2. The Morgan fingerprint density at radius 3 is 2.63 bits per heavy atom. The summed E-state index contributed by atoms with van der Waals surface area (Å²) in [6.07, 6.45) is -0.228. The number of rotatable bonds is 8. The van der Waals surface area contributed by atoms with Crippen molar-refractivity contribution in [3.05, 3.63) is 47.6 Å². The molecule has 2 rings (SSSR count).